The molecule has 0 spiro atoms. The normalized spacial score (nSPS) is 17.3. The molecule has 1 aliphatic heterocycles. The van der Waals surface area contributed by atoms with Gasteiger partial charge in [-0.2, -0.15) is 0 Å². The van der Waals surface area contributed by atoms with E-state index >= 15 is 0 Å². The molecule has 10 heteroatoms. The predicted molar refractivity (Wildman–Crippen MR) is 120 cm³/mol. The van der Waals surface area contributed by atoms with Crippen molar-refractivity contribution in [3.8, 4) is 0 Å². The van der Waals surface area contributed by atoms with Gasteiger partial charge in [-0.1, -0.05) is 17.9 Å². The maximum Gasteiger partial charge on any atom is 0.354 e. The van der Waals surface area contributed by atoms with Gasteiger partial charge in [-0.25, -0.2) is 13.8 Å². The topological polar surface area (TPSA) is 122 Å². The average Bonchev–Trinajstić information content (AvgIpc) is 3.52. The number of H-pyrrole nitrogens is 2. The highest BCUT2D eigenvalue weighted by Crippen LogP contribution is 2.40. The van der Waals surface area contributed by atoms with Crippen molar-refractivity contribution in [2.45, 2.75) is 32.9 Å². The maximum absolute atomic E-state index is 13.7. The van der Waals surface area contributed by atoms with Crippen molar-refractivity contribution in [3.05, 3.63) is 82.5 Å². The lowest BCUT2D eigenvalue weighted by Crippen LogP contribution is -2.36. The highest BCUT2D eigenvalue weighted by Gasteiger charge is 2.44. The molecule has 0 bridgehead atoms. The van der Waals surface area contributed by atoms with Gasteiger partial charge in [-0.3, -0.25) is 14.6 Å². The van der Waals surface area contributed by atoms with Crippen molar-refractivity contribution < 1.29 is 33.2 Å². The van der Waals surface area contributed by atoms with Crippen LogP contribution in [0.15, 0.2) is 48.6 Å². The summed E-state index contributed by atoms with van der Waals surface area (Å²) < 4.78 is 20.3. The Morgan fingerprint density at radius 3 is 2.57 bits per heavy atom. The van der Waals surface area contributed by atoms with Gasteiger partial charge in [0.2, 0.25) is 12.1 Å². The number of methoxy groups -OCH3 is 1. The van der Waals surface area contributed by atoms with Gasteiger partial charge >= 0.3 is 5.97 Å². The molecule has 3 heterocycles. The minimum atomic E-state index is -0.977. The molecule has 0 saturated carbocycles. The number of rotatable bonds is 7. The Balaban J connectivity index is 1.79. The zero-order valence-electron chi connectivity index (χ0n) is 19.6. The lowest BCUT2D eigenvalue weighted by Gasteiger charge is -2.27. The molecular weight excluding hydrogens is 455 g/mol. The molecule has 2 aromatic heterocycles. The van der Waals surface area contributed by atoms with E-state index in [2.05, 4.69) is 9.97 Å². The van der Waals surface area contributed by atoms with Crippen molar-refractivity contribution in [2.24, 2.45) is 0 Å². The van der Waals surface area contributed by atoms with E-state index < -0.39 is 35.3 Å². The Bertz CT molecular complexity index is 1310. The van der Waals surface area contributed by atoms with Crippen molar-refractivity contribution >= 4 is 23.4 Å². The van der Waals surface area contributed by atoms with Gasteiger partial charge in [-0.05, 0) is 42.7 Å². The van der Waals surface area contributed by atoms with E-state index in [0.29, 0.717) is 29.8 Å². The summed E-state index contributed by atoms with van der Waals surface area (Å²) in [4.78, 5) is 45.5. The number of hydrogen-bond acceptors (Lipinski definition) is 5. The Morgan fingerprint density at radius 1 is 1.23 bits per heavy atom. The number of esters is 1. The monoisotopic (exact) mass is 480 g/mol. The number of amides is 1. The maximum atomic E-state index is 13.7. The number of nitrogens with zero attached hydrogens (tertiary/aromatic N) is 2. The number of carbonyl (C=O) groups excluding carboxylic acids is 3. The number of carbonyl (C=O) groups is 3. The van der Waals surface area contributed by atoms with E-state index in [4.69, 9.17) is 4.74 Å². The summed E-state index contributed by atoms with van der Waals surface area (Å²) in [6, 6.07) is 4.39. The first-order valence-electron chi connectivity index (χ1n) is 11.1. The van der Waals surface area contributed by atoms with Gasteiger partial charge in [0.05, 0.1) is 19.7 Å². The van der Waals surface area contributed by atoms with Gasteiger partial charge in [0.1, 0.15) is 23.9 Å². The second-order valence-electron chi connectivity index (χ2n) is 8.34. The zero-order valence-corrected chi connectivity index (χ0v) is 19.6. The van der Waals surface area contributed by atoms with E-state index in [1.54, 1.807) is 26.4 Å². The molecular formula is C25H25FN4O5. The van der Waals surface area contributed by atoms with Crippen LogP contribution in [0.5, 0.6) is 0 Å². The van der Waals surface area contributed by atoms with Crippen molar-refractivity contribution in [1.29, 1.82) is 0 Å². The van der Waals surface area contributed by atoms with E-state index in [1.807, 2.05) is 10.8 Å². The van der Waals surface area contributed by atoms with Gasteiger partial charge in [0.25, 0.3) is 5.91 Å². The lowest BCUT2D eigenvalue weighted by atomic mass is 9.94. The van der Waals surface area contributed by atoms with Crippen molar-refractivity contribution in [2.75, 3.05) is 13.7 Å². The standard InChI is InChI=1S/C25H25FN4O5/c1-14-18(15(2)28-20(14)25(34)35-3)22(31)19-21(16-5-7-17(26)8-6-16)30(24(33)23(19)32)11-4-10-29-12-9-27-13-29/h5-9,12-13,21H,4,10-11H2,1-3H3,(H2,28,31,32,34). The summed E-state index contributed by atoms with van der Waals surface area (Å²) in [5.41, 5.74) is 1.16. The van der Waals surface area contributed by atoms with Gasteiger partial charge in [0.15, 0.2) is 0 Å². The van der Waals surface area contributed by atoms with Gasteiger partial charge in [-0.15, -0.1) is 0 Å². The number of Topliss-reactive ketones (excluding diaryl/α,β-unsaturated/α-hetero) is 1. The van der Waals surface area contributed by atoms with Crippen LogP contribution < -0.4 is 9.67 Å². The number of aryl methyl sites for hydroxylation is 2. The molecule has 1 aromatic carbocycles. The lowest BCUT2D eigenvalue weighted by molar-refractivity contribution is -0.695. The SMILES string of the molecule is COC(=O)c1[nH]c(C)c(C([O-])=C2C(=O)C(=O)N(CCC[n+]3cc[nH]c3)C2c2ccc(F)cc2)c1C. The van der Waals surface area contributed by atoms with Gasteiger partial charge in [0, 0.05) is 24.2 Å². The zero-order chi connectivity index (χ0) is 25.3. The molecule has 1 unspecified atom stereocenters. The average molecular weight is 480 g/mol. The number of benzene rings is 1. The Labute approximate surface area is 200 Å². The molecule has 1 amide bonds. The first-order valence-corrected chi connectivity index (χ1v) is 11.1. The predicted octanol–water partition coefficient (Wildman–Crippen LogP) is 1.49. The van der Waals surface area contributed by atoms with Crippen molar-refractivity contribution in [1.82, 2.24) is 14.9 Å². The highest BCUT2D eigenvalue weighted by molar-refractivity contribution is 6.46. The number of ketones is 1. The van der Waals surface area contributed by atoms with Crippen LogP contribution in [0.2, 0.25) is 0 Å². The van der Waals surface area contributed by atoms with E-state index in [1.165, 1.54) is 36.3 Å². The first-order chi connectivity index (χ1) is 16.7. The summed E-state index contributed by atoms with van der Waals surface area (Å²) in [6.07, 6.45) is 5.90. The number of hydrogen-bond donors (Lipinski definition) is 2. The summed E-state index contributed by atoms with van der Waals surface area (Å²) in [6.45, 7) is 3.97. The summed E-state index contributed by atoms with van der Waals surface area (Å²) in [7, 11) is 1.22. The largest absolute Gasteiger partial charge is 0.872 e. The van der Waals surface area contributed by atoms with Crippen LogP contribution in [0.3, 0.4) is 0 Å². The smallest absolute Gasteiger partial charge is 0.354 e. The molecule has 0 aliphatic carbocycles. The minimum absolute atomic E-state index is 0.101. The third-order valence-corrected chi connectivity index (χ3v) is 6.19. The van der Waals surface area contributed by atoms with Crippen LogP contribution >= 0.6 is 0 Å². The number of nitrogens with one attached hydrogen (secondary N) is 2. The Hall–Kier alpha value is -4.21. The minimum Gasteiger partial charge on any atom is -0.872 e. The van der Waals surface area contributed by atoms with Crippen LogP contribution in [0.1, 0.15) is 45.3 Å². The third kappa shape index (κ3) is 4.34. The Kier molecular flexibility index (Phi) is 6.54. The first kappa shape index (κ1) is 23.9. The summed E-state index contributed by atoms with van der Waals surface area (Å²) in [5, 5.41) is 13.7. The van der Waals surface area contributed by atoms with Crippen LogP contribution in [-0.2, 0) is 20.9 Å². The molecule has 1 aliphatic rings. The third-order valence-electron chi connectivity index (χ3n) is 6.19. The van der Waals surface area contributed by atoms with Gasteiger partial charge < -0.3 is 19.7 Å². The molecule has 4 rings (SSSR count). The quantitative estimate of drug-likeness (QED) is 0.174. The molecule has 0 radical (unpaired) electrons. The molecule has 35 heavy (non-hydrogen) atoms. The summed E-state index contributed by atoms with van der Waals surface area (Å²) >= 11 is 0. The fraction of sp³-hybridized carbons (Fsp3) is 0.280. The highest BCUT2D eigenvalue weighted by atomic mass is 19.1. The Morgan fingerprint density at radius 2 is 1.94 bits per heavy atom. The van der Waals surface area contributed by atoms with E-state index in [9.17, 15) is 23.9 Å². The molecule has 9 nitrogen and oxygen atoms in total. The number of halogens is 1. The van der Waals surface area contributed by atoms with Crippen LogP contribution in [0.4, 0.5) is 4.39 Å². The molecule has 3 aromatic rings. The van der Waals surface area contributed by atoms with E-state index in [-0.39, 0.29) is 23.4 Å². The fourth-order valence-electron chi connectivity index (χ4n) is 4.51. The fourth-order valence-corrected chi connectivity index (χ4v) is 4.51. The van der Waals surface area contributed by atoms with E-state index in [0.717, 1.165) is 0 Å². The van der Waals surface area contributed by atoms with Crippen LogP contribution in [0, 0.1) is 19.7 Å². The van der Waals surface area contributed by atoms with Crippen LogP contribution in [-0.4, -0.2) is 46.2 Å². The molecule has 182 valence electrons. The number of aromatic nitrogens is 3. The second kappa shape index (κ2) is 9.57. The summed E-state index contributed by atoms with van der Waals surface area (Å²) in [5.74, 6) is -3.48. The number of likely N-dealkylation sites (tertiary alicyclic amines) is 1. The molecule has 1 saturated heterocycles. The molecule has 1 atom stereocenters. The van der Waals surface area contributed by atoms with Crippen molar-refractivity contribution in [3.63, 3.8) is 0 Å². The number of ether oxygens (including phenoxy) is 1. The molecule has 2 N–H and O–H groups in total. The molecule has 1 fully saturated rings. The van der Waals surface area contributed by atoms with Crippen LogP contribution in [0.25, 0.3) is 5.76 Å². The second-order valence-corrected chi connectivity index (χ2v) is 8.34. The number of imidazole rings is 1. The number of aromatic amines is 2.